The van der Waals surface area contributed by atoms with Crippen LogP contribution in [0.5, 0.6) is 0 Å². The van der Waals surface area contributed by atoms with E-state index in [4.69, 9.17) is 0 Å². The van der Waals surface area contributed by atoms with E-state index in [1.165, 1.54) is 11.1 Å². The SMILES string of the molecule is Cc1ccc([C@H]2CCCN2Cn2nc(C(C)(C)C)ccc2=O)cc1. The van der Waals surface area contributed by atoms with E-state index in [-0.39, 0.29) is 11.0 Å². The van der Waals surface area contributed by atoms with Crippen LogP contribution in [0.1, 0.15) is 56.5 Å². The third-order valence-corrected chi connectivity index (χ3v) is 4.78. The van der Waals surface area contributed by atoms with Crippen molar-refractivity contribution in [3.8, 4) is 0 Å². The van der Waals surface area contributed by atoms with Crippen LogP contribution < -0.4 is 5.56 Å². The van der Waals surface area contributed by atoms with Crippen LogP contribution in [0.4, 0.5) is 0 Å². The topological polar surface area (TPSA) is 38.1 Å². The van der Waals surface area contributed by atoms with E-state index in [0.717, 1.165) is 25.1 Å². The van der Waals surface area contributed by atoms with Crippen LogP contribution in [0.15, 0.2) is 41.2 Å². The zero-order valence-electron chi connectivity index (χ0n) is 15.1. The van der Waals surface area contributed by atoms with E-state index < -0.39 is 0 Å². The summed E-state index contributed by atoms with van der Waals surface area (Å²) in [5.41, 5.74) is 3.47. The van der Waals surface area contributed by atoms with Gasteiger partial charge in [-0.15, -0.1) is 0 Å². The van der Waals surface area contributed by atoms with Gasteiger partial charge in [0.15, 0.2) is 0 Å². The largest absolute Gasteiger partial charge is 0.277 e. The highest BCUT2D eigenvalue weighted by Gasteiger charge is 2.27. The Morgan fingerprint density at radius 2 is 1.83 bits per heavy atom. The van der Waals surface area contributed by atoms with Crippen molar-refractivity contribution >= 4 is 0 Å². The molecule has 1 aromatic carbocycles. The molecule has 24 heavy (non-hydrogen) atoms. The van der Waals surface area contributed by atoms with Gasteiger partial charge >= 0.3 is 0 Å². The van der Waals surface area contributed by atoms with Crippen LogP contribution in [-0.4, -0.2) is 21.2 Å². The lowest BCUT2D eigenvalue weighted by molar-refractivity contribution is 0.185. The number of hydrogen-bond acceptors (Lipinski definition) is 3. The Kier molecular flexibility index (Phi) is 4.59. The first-order valence-electron chi connectivity index (χ1n) is 8.74. The monoisotopic (exact) mass is 325 g/mol. The molecule has 0 bridgehead atoms. The maximum absolute atomic E-state index is 12.2. The molecule has 0 spiro atoms. The molecule has 3 rings (SSSR count). The van der Waals surface area contributed by atoms with Crippen LogP contribution in [0.3, 0.4) is 0 Å². The molecule has 2 aromatic rings. The Morgan fingerprint density at radius 3 is 2.50 bits per heavy atom. The molecule has 4 nitrogen and oxygen atoms in total. The van der Waals surface area contributed by atoms with Crippen molar-refractivity contribution in [1.29, 1.82) is 0 Å². The quantitative estimate of drug-likeness (QED) is 0.864. The summed E-state index contributed by atoms with van der Waals surface area (Å²) in [6, 6.07) is 12.6. The minimum atomic E-state index is -0.0587. The van der Waals surface area contributed by atoms with Gasteiger partial charge in [0.2, 0.25) is 0 Å². The Balaban J connectivity index is 1.85. The molecule has 4 heteroatoms. The summed E-state index contributed by atoms with van der Waals surface area (Å²) in [4.78, 5) is 14.6. The smallest absolute Gasteiger partial charge is 0.267 e. The van der Waals surface area contributed by atoms with Crippen LogP contribution in [0.2, 0.25) is 0 Å². The zero-order chi connectivity index (χ0) is 17.3. The van der Waals surface area contributed by atoms with E-state index in [2.05, 4.69) is 62.0 Å². The maximum atomic E-state index is 12.2. The van der Waals surface area contributed by atoms with Gasteiger partial charge in [-0.2, -0.15) is 5.10 Å². The minimum absolute atomic E-state index is 0.0300. The minimum Gasteiger partial charge on any atom is -0.277 e. The second-order valence-electron chi connectivity index (χ2n) is 7.83. The summed E-state index contributed by atoms with van der Waals surface area (Å²) in [6.07, 6.45) is 2.29. The number of aromatic nitrogens is 2. The lowest BCUT2D eigenvalue weighted by atomic mass is 9.92. The summed E-state index contributed by atoms with van der Waals surface area (Å²) in [5, 5.41) is 4.61. The summed E-state index contributed by atoms with van der Waals surface area (Å²) in [7, 11) is 0. The van der Waals surface area contributed by atoms with E-state index in [9.17, 15) is 4.79 Å². The third-order valence-electron chi connectivity index (χ3n) is 4.78. The molecule has 1 fully saturated rings. The molecule has 0 aliphatic carbocycles. The molecule has 1 aliphatic rings. The fourth-order valence-electron chi connectivity index (χ4n) is 3.28. The fraction of sp³-hybridized carbons (Fsp3) is 0.500. The van der Waals surface area contributed by atoms with Gasteiger partial charge in [-0.1, -0.05) is 50.6 Å². The molecule has 0 saturated carbocycles. The van der Waals surface area contributed by atoms with Gasteiger partial charge in [0.05, 0.1) is 12.4 Å². The number of likely N-dealkylation sites (tertiary alicyclic amines) is 1. The number of hydrogen-bond donors (Lipinski definition) is 0. The fourth-order valence-corrected chi connectivity index (χ4v) is 3.28. The van der Waals surface area contributed by atoms with Crippen LogP contribution in [0.25, 0.3) is 0 Å². The van der Waals surface area contributed by atoms with Gasteiger partial charge in [-0.05, 0) is 31.4 Å². The van der Waals surface area contributed by atoms with Crippen molar-refractivity contribution in [2.75, 3.05) is 6.54 Å². The molecule has 1 saturated heterocycles. The molecule has 2 heterocycles. The predicted molar refractivity (Wildman–Crippen MR) is 97.1 cm³/mol. The normalized spacial score (nSPS) is 18.9. The van der Waals surface area contributed by atoms with Gasteiger partial charge < -0.3 is 0 Å². The summed E-state index contributed by atoms with van der Waals surface area (Å²) in [6.45, 7) is 10.0. The molecule has 1 aliphatic heterocycles. The Labute approximate surface area is 144 Å². The summed E-state index contributed by atoms with van der Waals surface area (Å²) >= 11 is 0. The zero-order valence-corrected chi connectivity index (χ0v) is 15.1. The van der Waals surface area contributed by atoms with E-state index in [0.29, 0.717) is 12.7 Å². The number of aryl methyl sites for hydroxylation is 1. The van der Waals surface area contributed by atoms with Crippen molar-refractivity contribution < 1.29 is 0 Å². The number of rotatable bonds is 3. The lowest BCUT2D eigenvalue weighted by Crippen LogP contribution is -2.35. The first kappa shape index (κ1) is 16.9. The van der Waals surface area contributed by atoms with Crippen LogP contribution in [-0.2, 0) is 12.1 Å². The first-order valence-corrected chi connectivity index (χ1v) is 8.74. The number of nitrogens with zero attached hydrogens (tertiary/aromatic N) is 3. The third kappa shape index (κ3) is 3.59. The lowest BCUT2D eigenvalue weighted by Gasteiger charge is -2.26. The van der Waals surface area contributed by atoms with Crippen molar-refractivity contribution in [1.82, 2.24) is 14.7 Å². The van der Waals surface area contributed by atoms with Gasteiger partial charge in [-0.25, -0.2) is 4.68 Å². The Hall–Kier alpha value is -1.94. The first-order chi connectivity index (χ1) is 11.3. The van der Waals surface area contributed by atoms with Gasteiger partial charge in [0, 0.05) is 24.1 Å². The van der Waals surface area contributed by atoms with Crippen molar-refractivity contribution in [2.24, 2.45) is 0 Å². The predicted octanol–water partition coefficient (Wildman–Crippen LogP) is 3.64. The molecule has 0 unspecified atom stereocenters. The van der Waals surface area contributed by atoms with E-state index in [1.807, 2.05) is 6.07 Å². The Morgan fingerprint density at radius 1 is 1.12 bits per heavy atom. The maximum Gasteiger partial charge on any atom is 0.267 e. The van der Waals surface area contributed by atoms with Gasteiger partial charge in [0.1, 0.15) is 0 Å². The van der Waals surface area contributed by atoms with Crippen molar-refractivity contribution in [3.05, 3.63) is 63.6 Å². The highest BCUT2D eigenvalue weighted by Crippen LogP contribution is 2.32. The summed E-state index contributed by atoms with van der Waals surface area (Å²) in [5.74, 6) is 0. The molecule has 128 valence electrons. The van der Waals surface area contributed by atoms with Gasteiger partial charge in [0.25, 0.3) is 5.56 Å². The van der Waals surface area contributed by atoms with E-state index in [1.54, 1.807) is 10.7 Å². The number of benzene rings is 1. The molecule has 0 amide bonds. The Bertz CT molecular complexity index is 756. The molecule has 0 N–H and O–H groups in total. The van der Waals surface area contributed by atoms with Crippen LogP contribution >= 0.6 is 0 Å². The highest BCUT2D eigenvalue weighted by molar-refractivity contribution is 5.24. The molecule has 0 radical (unpaired) electrons. The van der Waals surface area contributed by atoms with Crippen LogP contribution in [0, 0.1) is 6.92 Å². The average molecular weight is 325 g/mol. The van der Waals surface area contributed by atoms with Crippen molar-refractivity contribution in [2.45, 2.75) is 58.7 Å². The molecule has 1 atom stereocenters. The second-order valence-corrected chi connectivity index (χ2v) is 7.83. The molecule has 1 aromatic heterocycles. The van der Waals surface area contributed by atoms with Gasteiger partial charge in [-0.3, -0.25) is 9.69 Å². The van der Waals surface area contributed by atoms with Crippen molar-refractivity contribution in [3.63, 3.8) is 0 Å². The highest BCUT2D eigenvalue weighted by atomic mass is 16.1. The standard InChI is InChI=1S/C20H27N3O/c1-15-7-9-16(10-8-15)17-6-5-13-22(17)14-23-19(24)12-11-18(21-23)20(2,3)4/h7-12,17H,5-6,13-14H2,1-4H3/t17-/m1/s1. The molecular formula is C20H27N3O. The second kappa shape index (κ2) is 6.52. The molecular weight excluding hydrogens is 298 g/mol. The summed E-state index contributed by atoms with van der Waals surface area (Å²) < 4.78 is 1.62. The van der Waals surface area contributed by atoms with E-state index >= 15 is 0 Å². The average Bonchev–Trinajstić information content (AvgIpc) is 2.97.